The molecule has 0 N–H and O–H groups in total. The molecule has 1 aromatic heterocycles. The van der Waals surface area contributed by atoms with Gasteiger partial charge in [0.1, 0.15) is 16.7 Å². The molecule has 2 atom stereocenters. The summed E-state index contributed by atoms with van der Waals surface area (Å²) in [4.78, 5) is 9.48. The Bertz CT molecular complexity index is 889. The molecule has 0 fully saturated rings. The lowest BCUT2D eigenvalue weighted by Gasteiger charge is -2.34. The Morgan fingerprint density at radius 3 is 2.71 bits per heavy atom. The van der Waals surface area contributed by atoms with Crippen molar-refractivity contribution in [2.45, 2.75) is 11.2 Å². The molecule has 0 spiro atoms. The highest BCUT2D eigenvalue weighted by molar-refractivity contribution is 9.10. The predicted molar refractivity (Wildman–Crippen MR) is 84.0 cm³/mol. The molecule has 0 bridgehead atoms. The van der Waals surface area contributed by atoms with Gasteiger partial charge in [-0.3, -0.25) is 0 Å². The third-order valence-electron chi connectivity index (χ3n) is 3.78. The molecular weight excluding hydrogens is 416 g/mol. The summed E-state index contributed by atoms with van der Waals surface area (Å²) in [5, 5.41) is 4.09. The molecule has 0 radical (unpaired) electrons. The SMILES string of the molecule is O=CC1C(C(F)(F)F)=CC=CC1(Cl)n1nc(Br)c2c(F)cccc21. The highest BCUT2D eigenvalue weighted by Crippen LogP contribution is 2.46. The number of hydrogen-bond acceptors (Lipinski definition) is 2. The van der Waals surface area contributed by atoms with Gasteiger partial charge in [0.05, 0.1) is 16.8 Å². The topological polar surface area (TPSA) is 34.9 Å². The van der Waals surface area contributed by atoms with Crippen LogP contribution in [-0.4, -0.2) is 22.2 Å². The monoisotopic (exact) mass is 422 g/mol. The van der Waals surface area contributed by atoms with E-state index >= 15 is 0 Å². The van der Waals surface area contributed by atoms with E-state index in [4.69, 9.17) is 11.6 Å². The highest BCUT2D eigenvalue weighted by atomic mass is 79.9. The summed E-state index contributed by atoms with van der Waals surface area (Å²) < 4.78 is 54.7. The molecule has 0 saturated carbocycles. The molecule has 1 aliphatic rings. The number of allylic oxidation sites excluding steroid dienone is 4. The lowest BCUT2D eigenvalue weighted by atomic mass is 9.87. The number of carbonyl (C=O) groups is 1. The molecule has 24 heavy (non-hydrogen) atoms. The standard InChI is InChI=1S/C15H8BrClF4N2O/c16-13-12-10(18)4-1-5-11(12)23(22-13)14(17)6-2-3-8(9(14)7-24)15(19,20)21/h1-7,9H. The summed E-state index contributed by atoms with van der Waals surface area (Å²) in [7, 11) is 0. The van der Waals surface area contributed by atoms with Gasteiger partial charge in [-0.05, 0) is 34.1 Å². The van der Waals surface area contributed by atoms with Crippen LogP contribution in [0.4, 0.5) is 17.6 Å². The second-order valence-corrected chi connectivity index (χ2v) is 6.51. The van der Waals surface area contributed by atoms with Crippen molar-refractivity contribution < 1.29 is 22.4 Å². The van der Waals surface area contributed by atoms with Gasteiger partial charge in [0.25, 0.3) is 0 Å². The molecule has 2 unspecified atom stereocenters. The number of aromatic nitrogens is 2. The van der Waals surface area contributed by atoms with Crippen molar-refractivity contribution in [1.82, 2.24) is 9.78 Å². The Hall–Kier alpha value is -1.67. The number of fused-ring (bicyclic) bond motifs is 1. The molecule has 0 aliphatic heterocycles. The number of nitrogens with zero attached hydrogens (tertiary/aromatic N) is 2. The maximum atomic E-state index is 14.0. The van der Waals surface area contributed by atoms with Gasteiger partial charge in [-0.15, -0.1) is 0 Å². The summed E-state index contributed by atoms with van der Waals surface area (Å²) >= 11 is 9.49. The van der Waals surface area contributed by atoms with Crippen LogP contribution in [0, 0.1) is 11.7 Å². The molecule has 1 aliphatic carbocycles. The number of rotatable bonds is 2. The number of alkyl halides is 4. The number of carbonyl (C=O) groups excluding carboxylic acids is 1. The maximum Gasteiger partial charge on any atom is 0.413 e. The molecule has 1 heterocycles. The van der Waals surface area contributed by atoms with E-state index < -0.39 is 28.5 Å². The Labute approximate surface area is 146 Å². The molecule has 1 aromatic carbocycles. The Kier molecular flexibility index (Phi) is 4.08. The summed E-state index contributed by atoms with van der Waals surface area (Å²) in [6.45, 7) is 0. The first-order valence-corrected chi connectivity index (χ1v) is 7.81. The molecule has 0 amide bonds. The van der Waals surface area contributed by atoms with Crippen LogP contribution >= 0.6 is 27.5 Å². The van der Waals surface area contributed by atoms with Crippen LogP contribution < -0.4 is 0 Å². The summed E-state index contributed by atoms with van der Waals surface area (Å²) in [5.74, 6) is -2.35. The summed E-state index contributed by atoms with van der Waals surface area (Å²) in [6, 6.07) is 4.03. The normalized spacial score (nSPS) is 24.2. The van der Waals surface area contributed by atoms with Crippen molar-refractivity contribution in [2.24, 2.45) is 5.92 Å². The highest BCUT2D eigenvalue weighted by Gasteiger charge is 2.50. The van der Waals surface area contributed by atoms with Gasteiger partial charge < -0.3 is 4.79 Å². The molecule has 2 aromatic rings. The zero-order chi connectivity index (χ0) is 17.7. The molecule has 3 nitrogen and oxygen atoms in total. The lowest BCUT2D eigenvalue weighted by Crippen LogP contribution is -2.41. The largest absolute Gasteiger partial charge is 0.413 e. The molecule has 3 rings (SSSR count). The zero-order valence-electron chi connectivity index (χ0n) is 11.7. The molecule has 9 heteroatoms. The van der Waals surface area contributed by atoms with E-state index in [-0.39, 0.29) is 21.8 Å². The molecule has 126 valence electrons. The zero-order valence-corrected chi connectivity index (χ0v) is 14.0. The average molecular weight is 424 g/mol. The maximum absolute atomic E-state index is 14.0. The van der Waals surface area contributed by atoms with E-state index in [1.54, 1.807) is 0 Å². The summed E-state index contributed by atoms with van der Waals surface area (Å²) in [5.41, 5.74) is -0.928. The van der Waals surface area contributed by atoms with Crippen LogP contribution in [-0.2, 0) is 9.79 Å². The Morgan fingerprint density at radius 1 is 1.38 bits per heavy atom. The van der Waals surface area contributed by atoms with E-state index in [0.29, 0.717) is 0 Å². The fourth-order valence-corrected chi connectivity index (χ4v) is 3.62. The van der Waals surface area contributed by atoms with E-state index in [9.17, 15) is 22.4 Å². The van der Waals surface area contributed by atoms with Gasteiger partial charge in [-0.2, -0.15) is 18.3 Å². The fourth-order valence-electron chi connectivity index (χ4n) is 2.70. The van der Waals surface area contributed by atoms with E-state index in [0.717, 1.165) is 16.8 Å². The van der Waals surface area contributed by atoms with Gasteiger partial charge in [0.2, 0.25) is 0 Å². The van der Waals surface area contributed by atoms with Crippen LogP contribution in [0.2, 0.25) is 0 Å². The average Bonchev–Trinajstić information content (AvgIpc) is 2.85. The molecular formula is C15H8BrClF4N2O. The first-order valence-electron chi connectivity index (χ1n) is 6.64. The summed E-state index contributed by atoms with van der Waals surface area (Å²) in [6.07, 6.45) is -1.48. The minimum atomic E-state index is -4.73. The van der Waals surface area contributed by atoms with Gasteiger partial charge in [-0.25, -0.2) is 9.07 Å². The third-order valence-corrected chi connectivity index (χ3v) is 4.86. The lowest BCUT2D eigenvalue weighted by molar-refractivity contribution is -0.121. The fraction of sp³-hybridized carbons (Fsp3) is 0.200. The van der Waals surface area contributed by atoms with Gasteiger partial charge in [-0.1, -0.05) is 29.8 Å². The second-order valence-electron chi connectivity index (χ2n) is 5.16. The van der Waals surface area contributed by atoms with Gasteiger partial charge in [0.15, 0.2) is 5.00 Å². The smallest absolute Gasteiger partial charge is 0.303 e. The van der Waals surface area contributed by atoms with Crippen LogP contribution in [0.5, 0.6) is 0 Å². The third kappa shape index (κ3) is 2.48. The number of halogens is 6. The number of aldehydes is 1. The first-order chi connectivity index (χ1) is 11.2. The quantitative estimate of drug-likeness (QED) is 0.399. The van der Waals surface area contributed by atoms with Gasteiger partial charge in [0, 0.05) is 5.57 Å². The first kappa shape index (κ1) is 17.2. The minimum absolute atomic E-state index is 0.0682. The van der Waals surface area contributed by atoms with Gasteiger partial charge >= 0.3 is 6.18 Å². The second kappa shape index (κ2) is 5.70. The van der Waals surface area contributed by atoms with Crippen LogP contribution in [0.3, 0.4) is 0 Å². The van der Waals surface area contributed by atoms with Crippen molar-refractivity contribution in [1.29, 1.82) is 0 Å². The van der Waals surface area contributed by atoms with Crippen molar-refractivity contribution in [2.75, 3.05) is 0 Å². The van der Waals surface area contributed by atoms with Crippen molar-refractivity contribution >= 4 is 44.7 Å². The van der Waals surface area contributed by atoms with Crippen LogP contribution in [0.15, 0.2) is 46.6 Å². The van der Waals surface area contributed by atoms with Crippen LogP contribution in [0.1, 0.15) is 0 Å². The van der Waals surface area contributed by atoms with E-state index in [2.05, 4.69) is 21.0 Å². The number of hydrogen-bond donors (Lipinski definition) is 0. The van der Waals surface area contributed by atoms with E-state index in [1.807, 2.05) is 0 Å². The van der Waals surface area contributed by atoms with Crippen molar-refractivity contribution in [3.8, 4) is 0 Å². The predicted octanol–water partition coefficient (Wildman–Crippen LogP) is 4.70. The van der Waals surface area contributed by atoms with E-state index in [1.165, 1.54) is 24.3 Å². The van der Waals surface area contributed by atoms with Crippen molar-refractivity contribution in [3.63, 3.8) is 0 Å². The Balaban J connectivity index is 2.26. The molecule has 0 saturated heterocycles. The van der Waals surface area contributed by atoms with Crippen molar-refractivity contribution in [3.05, 3.63) is 52.4 Å². The number of benzene rings is 1. The Morgan fingerprint density at radius 2 is 2.08 bits per heavy atom. The minimum Gasteiger partial charge on any atom is -0.303 e. The van der Waals surface area contributed by atoms with Crippen LogP contribution in [0.25, 0.3) is 10.9 Å².